The topological polar surface area (TPSA) is 49.8 Å². The highest BCUT2D eigenvalue weighted by atomic mass is 16.5. The molecule has 1 aliphatic heterocycles. The molecule has 1 saturated carbocycles. The second-order valence-electron chi connectivity index (χ2n) is 6.19. The van der Waals surface area contributed by atoms with Gasteiger partial charge in [0.2, 0.25) is 0 Å². The Morgan fingerprint density at radius 2 is 2.05 bits per heavy atom. The lowest BCUT2D eigenvalue weighted by Crippen LogP contribution is -2.41. The summed E-state index contributed by atoms with van der Waals surface area (Å²) < 4.78 is 5.83. The molecular weight excluding hydrogens is 266 g/mol. The van der Waals surface area contributed by atoms with Crippen LogP contribution in [0, 0.1) is 11.8 Å². The van der Waals surface area contributed by atoms with Gasteiger partial charge in [0.25, 0.3) is 5.91 Å². The standard InChI is InChI=1S/C17H23NO3/c19-11-14-4-3-9-18(10-14)17(20)15-5-1-2-6-16(15)21-12-13-7-8-13/h1-2,5-6,13-14,19H,3-4,7-12H2. The average molecular weight is 289 g/mol. The number of hydrogen-bond acceptors (Lipinski definition) is 3. The lowest BCUT2D eigenvalue weighted by molar-refractivity contribution is 0.0616. The molecular formula is C17H23NO3. The Morgan fingerprint density at radius 3 is 2.81 bits per heavy atom. The number of amides is 1. The molecule has 2 aliphatic rings. The molecule has 1 aromatic carbocycles. The number of benzene rings is 1. The summed E-state index contributed by atoms with van der Waals surface area (Å²) in [6.07, 6.45) is 4.43. The lowest BCUT2D eigenvalue weighted by atomic mass is 9.98. The van der Waals surface area contributed by atoms with E-state index in [9.17, 15) is 9.90 Å². The number of likely N-dealkylation sites (tertiary alicyclic amines) is 1. The average Bonchev–Trinajstić information content (AvgIpc) is 3.37. The molecule has 4 heteroatoms. The summed E-state index contributed by atoms with van der Waals surface area (Å²) in [5.74, 6) is 1.60. The summed E-state index contributed by atoms with van der Waals surface area (Å²) >= 11 is 0. The van der Waals surface area contributed by atoms with E-state index in [1.54, 1.807) is 0 Å². The van der Waals surface area contributed by atoms with Crippen molar-refractivity contribution in [2.24, 2.45) is 11.8 Å². The van der Waals surface area contributed by atoms with Crippen molar-refractivity contribution in [3.63, 3.8) is 0 Å². The van der Waals surface area contributed by atoms with Crippen molar-refractivity contribution in [1.29, 1.82) is 0 Å². The zero-order chi connectivity index (χ0) is 14.7. The number of hydrogen-bond donors (Lipinski definition) is 1. The van der Waals surface area contributed by atoms with E-state index >= 15 is 0 Å². The molecule has 1 saturated heterocycles. The number of nitrogens with zero attached hydrogens (tertiary/aromatic N) is 1. The number of carbonyl (C=O) groups excluding carboxylic acids is 1. The molecule has 1 heterocycles. The minimum Gasteiger partial charge on any atom is -0.492 e. The first kappa shape index (κ1) is 14.4. The van der Waals surface area contributed by atoms with E-state index < -0.39 is 0 Å². The predicted octanol–water partition coefficient (Wildman–Crippen LogP) is 2.32. The number of ether oxygens (including phenoxy) is 1. The molecule has 1 aromatic rings. The number of carbonyl (C=O) groups is 1. The van der Waals surface area contributed by atoms with E-state index in [0.717, 1.165) is 19.4 Å². The van der Waals surface area contributed by atoms with Crippen molar-refractivity contribution in [2.45, 2.75) is 25.7 Å². The number of aliphatic hydroxyl groups excluding tert-OH is 1. The van der Waals surface area contributed by atoms with E-state index in [1.165, 1.54) is 12.8 Å². The van der Waals surface area contributed by atoms with Crippen molar-refractivity contribution in [1.82, 2.24) is 4.90 Å². The highest BCUT2D eigenvalue weighted by Crippen LogP contribution is 2.31. The zero-order valence-electron chi connectivity index (χ0n) is 12.3. The molecule has 1 aliphatic carbocycles. The number of aliphatic hydroxyl groups is 1. The number of para-hydroxylation sites is 1. The Bertz CT molecular complexity index is 499. The summed E-state index contributed by atoms with van der Waals surface area (Å²) in [4.78, 5) is 14.6. The summed E-state index contributed by atoms with van der Waals surface area (Å²) in [5, 5.41) is 9.31. The van der Waals surface area contributed by atoms with Gasteiger partial charge in [-0.1, -0.05) is 12.1 Å². The van der Waals surface area contributed by atoms with Gasteiger partial charge in [0.05, 0.1) is 12.2 Å². The van der Waals surface area contributed by atoms with Crippen LogP contribution >= 0.6 is 0 Å². The molecule has 21 heavy (non-hydrogen) atoms. The van der Waals surface area contributed by atoms with Crippen LogP contribution in [0.5, 0.6) is 5.75 Å². The Balaban J connectivity index is 1.70. The Morgan fingerprint density at radius 1 is 1.24 bits per heavy atom. The van der Waals surface area contributed by atoms with Crippen LogP contribution in [-0.2, 0) is 0 Å². The van der Waals surface area contributed by atoms with Gasteiger partial charge in [-0.2, -0.15) is 0 Å². The first-order valence-corrected chi connectivity index (χ1v) is 7.90. The fourth-order valence-electron chi connectivity index (χ4n) is 2.83. The second-order valence-corrected chi connectivity index (χ2v) is 6.19. The molecule has 4 nitrogen and oxygen atoms in total. The van der Waals surface area contributed by atoms with Crippen molar-refractivity contribution in [3.05, 3.63) is 29.8 Å². The Kier molecular flexibility index (Phi) is 4.44. The van der Waals surface area contributed by atoms with Crippen LogP contribution in [0.25, 0.3) is 0 Å². The predicted molar refractivity (Wildman–Crippen MR) is 80.4 cm³/mol. The quantitative estimate of drug-likeness (QED) is 0.905. The van der Waals surface area contributed by atoms with E-state index in [0.29, 0.717) is 30.4 Å². The SMILES string of the molecule is O=C(c1ccccc1OCC1CC1)N1CCCC(CO)C1. The van der Waals surface area contributed by atoms with Gasteiger partial charge in [0.15, 0.2) is 0 Å². The third-order valence-electron chi connectivity index (χ3n) is 4.35. The molecule has 0 aromatic heterocycles. The van der Waals surface area contributed by atoms with Gasteiger partial charge in [-0.15, -0.1) is 0 Å². The monoisotopic (exact) mass is 289 g/mol. The molecule has 3 rings (SSSR count). The van der Waals surface area contributed by atoms with Crippen molar-refractivity contribution < 1.29 is 14.6 Å². The van der Waals surface area contributed by atoms with Gasteiger partial charge in [-0.3, -0.25) is 4.79 Å². The molecule has 114 valence electrons. The third-order valence-corrected chi connectivity index (χ3v) is 4.35. The van der Waals surface area contributed by atoms with Gasteiger partial charge in [0, 0.05) is 19.7 Å². The minimum absolute atomic E-state index is 0.0274. The highest BCUT2D eigenvalue weighted by molar-refractivity contribution is 5.97. The van der Waals surface area contributed by atoms with Gasteiger partial charge in [-0.05, 0) is 49.7 Å². The Hall–Kier alpha value is -1.55. The lowest BCUT2D eigenvalue weighted by Gasteiger charge is -2.32. The van der Waals surface area contributed by atoms with Crippen LogP contribution in [0.15, 0.2) is 24.3 Å². The second kappa shape index (κ2) is 6.48. The summed E-state index contributed by atoms with van der Waals surface area (Å²) in [5.41, 5.74) is 0.650. The molecule has 1 N–H and O–H groups in total. The van der Waals surface area contributed by atoms with Crippen molar-refractivity contribution >= 4 is 5.91 Å². The molecule has 1 atom stereocenters. The summed E-state index contributed by atoms with van der Waals surface area (Å²) in [6, 6.07) is 7.51. The highest BCUT2D eigenvalue weighted by Gasteiger charge is 2.27. The molecule has 2 fully saturated rings. The van der Waals surface area contributed by atoms with Crippen LogP contribution in [0.1, 0.15) is 36.0 Å². The minimum atomic E-state index is 0.0274. The fraction of sp³-hybridized carbons (Fsp3) is 0.588. The summed E-state index contributed by atoms with van der Waals surface area (Å²) in [6.45, 7) is 2.28. The summed E-state index contributed by atoms with van der Waals surface area (Å²) in [7, 11) is 0. The number of piperidine rings is 1. The van der Waals surface area contributed by atoms with Crippen LogP contribution < -0.4 is 4.74 Å². The van der Waals surface area contributed by atoms with Gasteiger partial charge in [0.1, 0.15) is 5.75 Å². The maximum Gasteiger partial charge on any atom is 0.257 e. The van der Waals surface area contributed by atoms with Crippen LogP contribution in [0.3, 0.4) is 0 Å². The van der Waals surface area contributed by atoms with E-state index in [1.807, 2.05) is 29.2 Å². The largest absolute Gasteiger partial charge is 0.492 e. The molecule has 1 unspecified atom stereocenters. The normalized spacial score (nSPS) is 22.1. The maximum absolute atomic E-state index is 12.7. The van der Waals surface area contributed by atoms with Gasteiger partial charge < -0.3 is 14.7 Å². The zero-order valence-corrected chi connectivity index (χ0v) is 12.3. The first-order valence-electron chi connectivity index (χ1n) is 7.90. The number of rotatable bonds is 5. The van der Waals surface area contributed by atoms with E-state index in [-0.39, 0.29) is 18.4 Å². The van der Waals surface area contributed by atoms with Crippen molar-refractivity contribution in [2.75, 3.05) is 26.3 Å². The molecule has 0 bridgehead atoms. The smallest absolute Gasteiger partial charge is 0.257 e. The van der Waals surface area contributed by atoms with Gasteiger partial charge >= 0.3 is 0 Å². The van der Waals surface area contributed by atoms with Crippen LogP contribution in [0.4, 0.5) is 0 Å². The fourth-order valence-corrected chi connectivity index (χ4v) is 2.83. The van der Waals surface area contributed by atoms with E-state index in [2.05, 4.69) is 0 Å². The van der Waals surface area contributed by atoms with E-state index in [4.69, 9.17) is 4.74 Å². The first-order chi connectivity index (χ1) is 10.3. The molecule has 1 amide bonds. The molecule has 0 radical (unpaired) electrons. The maximum atomic E-state index is 12.7. The van der Waals surface area contributed by atoms with Crippen molar-refractivity contribution in [3.8, 4) is 5.75 Å². The molecule has 0 spiro atoms. The third kappa shape index (κ3) is 3.56. The Labute approximate surface area is 125 Å². The van der Waals surface area contributed by atoms with Gasteiger partial charge in [-0.25, -0.2) is 0 Å². The van der Waals surface area contributed by atoms with Crippen LogP contribution in [0.2, 0.25) is 0 Å². The van der Waals surface area contributed by atoms with Crippen LogP contribution in [-0.4, -0.2) is 42.2 Å².